The van der Waals surface area contributed by atoms with Gasteiger partial charge in [0.25, 0.3) is 0 Å². The van der Waals surface area contributed by atoms with Gasteiger partial charge >= 0.3 is 19.8 Å². The highest BCUT2D eigenvalue weighted by Gasteiger charge is 2.27. The molecule has 0 fully saturated rings. The maximum Gasteiger partial charge on any atom is 0.472 e. The van der Waals surface area contributed by atoms with E-state index < -0.39 is 51.8 Å². The Morgan fingerprint density at radius 2 is 0.932 bits per heavy atom. The molecule has 11 heteroatoms. The van der Waals surface area contributed by atoms with Crippen molar-refractivity contribution < 1.29 is 47.8 Å². The number of phosphoric ester groups is 1. The molecule has 0 aliphatic rings. The third kappa shape index (κ3) is 43.6. The molecule has 0 rings (SSSR count). The lowest BCUT2D eigenvalue weighted by molar-refractivity contribution is -0.161. The van der Waals surface area contributed by atoms with Crippen LogP contribution in [0.5, 0.6) is 0 Å². The van der Waals surface area contributed by atoms with Crippen LogP contribution in [0.25, 0.3) is 0 Å². The zero-order chi connectivity index (χ0) is 43.3. The highest BCUT2D eigenvalue weighted by atomic mass is 31.2. The summed E-state index contributed by atoms with van der Waals surface area (Å²) in [7, 11) is -4.64. The molecule has 10 nitrogen and oxygen atoms in total. The molecule has 0 amide bonds. The zero-order valence-electron chi connectivity index (χ0n) is 37.2. The van der Waals surface area contributed by atoms with Crippen LogP contribution >= 0.6 is 7.82 Å². The lowest BCUT2D eigenvalue weighted by Crippen LogP contribution is -2.29. The molecular weight excluding hydrogens is 767 g/mol. The first-order valence-corrected chi connectivity index (χ1v) is 24.8. The summed E-state index contributed by atoms with van der Waals surface area (Å²) >= 11 is 0. The number of esters is 2. The van der Waals surface area contributed by atoms with Crippen molar-refractivity contribution in [2.75, 3.05) is 26.4 Å². The lowest BCUT2D eigenvalue weighted by Gasteiger charge is -2.20. The predicted molar refractivity (Wildman–Crippen MR) is 242 cm³/mol. The molecule has 0 saturated heterocycles. The number of aliphatic hydroxyl groups is 2. The summed E-state index contributed by atoms with van der Waals surface area (Å²) in [6, 6.07) is 0. The molecule has 0 saturated carbocycles. The lowest BCUT2D eigenvalue weighted by atomic mass is 10.0. The average molecular weight is 853 g/mol. The third-order valence-corrected chi connectivity index (χ3v) is 10.8. The van der Waals surface area contributed by atoms with Crippen LogP contribution in [0.15, 0.2) is 60.8 Å². The van der Waals surface area contributed by atoms with Gasteiger partial charge in [0, 0.05) is 12.8 Å². The molecule has 342 valence electrons. The maximum atomic E-state index is 12.6. The van der Waals surface area contributed by atoms with Gasteiger partial charge in [0.2, 0.25) is 0 Å². The van der Waals surface area contributed by atoms with Gasteiger partial charge in [-0.25, -0.2) is 4.57 Å². The number of carbonyl (C=O) groups is 2. The average Bonchev–Trinajstić information content (AvgIpc) is 3.22. The molecule has 0 aliphatic heterocycles. The predicted octanol–water partition coefficient (Wildman–Crippen LogP) is 12.7. The van der Waals surface area contributed by atoms with Crippen LogP contribution in [0.4, 0.5) is 0 Å². The van der Waals surface area contributed by atoms with Crippen LogP contribution in [0.3, 0.4) is 0 Å². The fourth-order valence-electron chi connectivity index (χ4n) is 6.26. The molecule has 0 bridgehead atoms. The first-order valence-electron chi connectivity index (χ1n) is 23.3. The second-order valence-corrected chi connectivity index (χ2v) is 17.0. The van der Waals surface area contributed by atoms with Gasteiger partial charge in [0.05, 0.1) is 19.8 Å². The van der Waals surface area contributed by atoms with E-state index in [1.807, 2.05) is 54.7 Å². The Hall–Kier alpha value is -2.33. The van der Waals surface area contributed by atoms with Gasteiger partial charge in [-0.3, -0.25) is 18.6 Å². The van der Waals surface area contributed by atoms with Gasteiger partial charge in [-0.2, -0.15) is 0 Å². The summed E-state index contributed by atoms with van der Waals surface area (Å²) in [5.41, 5.74) is 0. The molecule has 0 aromatic rings. The minimum Gasteiger partial charge on any atom is -0.462 e. The summed E-state index contributed by atoms with van der Waals surface area (Å²) in [5.74, 6) is -1.01. The normalized spacial score (nSPS) is 14.3. The molecule has 2 unspecified atom stereocenters. The van der Waals surface area contributed by atoms with E-state index in [0.29, 0.717) is 19.3 Å². The topological polar surface area (TPSA) is 149 Å². The number of hydrogen-bond donors (Lipinski definition) is 3. The molecule has 3 atom stereocenters. The highest BCUT2D eigenvalue weighted by Crippen LogP contribution is 2.43. The number of ether oxygens (including phenoxy) is 2. The van der Waals surface area contributed by atoms with E-state index in [1.54, 1.807) is 0 Å². The van der Waals surface area contributed by atoms with E-state index in [0.717, 1.165) is 25.7 Å². The third-order valence-electron chi connectivity index (χ3n) is 9.81. The van der Waals surface area contributed by atoms with Crippen molar-refractivity contribution in [1.29, 1.82) is 0 Å². The summed E-state index contributed by atoms with van der Waals surface area (Å²) in [5, 5.41) is 18.3. The summed E-state index contributed by atoms with van der Waals surface area (Å²) in [6.07, 6.45) is 49.3. The monoisotopic (exact) mass is 853 g/mol. The Labute approximate surface area is 359 Å². The molecule has 0 radical (unpaired) electrons. The van der Waals surface area contributed by atoms with Crippen LogP contribution in [-0.4, -0.2) is 65.7 Å². The van der Waals surface area contributed by atoms with Crippen molar-refractivity contribution in [2.24, 2.45) is 0 Å². The van der Waals surface area contributed by atoms with E-state index in [1.165, 1.54) is 122 Å². The number of allylic oxidation sites excluding steroid dienone is 10. The molecule has 0 aliphatic carbocycles. The summed E-state index contributed by atoms with van der Waals surface area (Å²) < 4.78 is 32.6. The zero-order valence-corrected chi connectivity index (χ0v) is 38.1. The number of hydrogen-bond acceptors (Lipinski definition) is 9. The minimum atomic E-state index is -4.64. The maximum absolute atomic E-state index is 12.6. The Morgan fingerprint density at radius 3 is 1.39 bits per heavy atom. The fraction of sp³-hybridized carbons (Fsp3) is 0.750. The standard InChI is InChI=1S/C48H85O10P/c1-3-5-7-9-11-13-15-17-18-19-20-21-22-23-24-25-26-28-29-31-33-35-37-39-47(51)55-43-46(44-57-59(53,54)56-42-45(50)41-49)58-48(52)40-38-36-34-32-30-27-16-14-12-10-8-6-4-2/h6,8,10,12,14,16,27,30,32,34,45-46,49-50H,3-5,7,9,11,13,15,17-26,28-29,31,33,35-44H2,1-2H3,(H,53,54)/b8-6+,12-10+,16-14+,30-27+,34-32+/t45-,46?/m1/s1. The first-order chi connectivity index (χ1) is 28.7. The second kappa shape index (κ2) is 43.7. The van der Waals surface area contributed by atoms with Crippen molar-refractivity contribution in [3.05, 3.63) is 60.8 Å². The van der Waals surface area contributed by atoms with E-state index >= 15 is 0 Å². The summed E-state index contributed by atoms with van der Waals surface area (Å²) in [6.45, 7) is 2.16. The van der Waals surface area contributed by atoms with E-state index in [-0.39, 0.29) is 19.4 Å². The molecule has 0 heterocycles. The number of phosphoric acid groups is 1. The highest BCUT2D eigenvalue weighted by molar-refractivity contribution is 7.47. The first kappa shape index (κ1) is 56.7. The second-order valence-electron chi connectivity index (χ2n) is 15.5. The van der Waals surface area contributed by atoms with Crippen LogP contribution in [0.1, 0.15) is 194 Å². The summed E-state index contributed by atoms with van der Waals surface area (Å²) in [4.78, 5) is 35.0. The fourth-order valence-corrected chi connectivity index (χ4v) is 7.05. The van der Waals surface area contributed by atoms with Crippen LogP contribution in [0, 0.1) is 0 Å². The number of aliphatic hydroxyl groups excluding tert-OH is 2. The van der Waals surface area contributed by atoms with Crippen molar-refractivity contribution in [3.8, 4) is 0 Å². The van der Waals surface area contributed by atoms with Crippen LogP contribution in [-0.2, 0) is 32.7 Å². The van der Waals surface area contributed by atoms with Crippen LogP contribution < -0.4 is 0 Å². The van der Waals surface area contributed by atoms with Crippen molar-refractivity contribution in [2.45, 2.75) is 206 Å². The van der Waals surface area contributed by atoms with Gasteiger partial charge < -0.3 is 24.6 Å². The number of unbranched alkanes of at least 4 members (excludes halogenated alkanes) is 23. The molecular formula is C48H85O10P. The Kier molecular flexibility index (Phi) is 42.0. The van der Waals surface area contributed by atoms with Gasteiger partial charge in [-0.05, 0) is 25.7 Å². The van der Waals surface area contributed by atoms with Gasteiger partial charge in [-0.1, -0.05) is 216 Å². The molecule has 0 spiro atoms. The molecule has 0 aromatic carbocycles. The largest absolute Gasteiger partial charge is 0.472 e. The number of rotatable bonds is 43. The van der Waals surface area contributed by atoms with Crippen molar-refractivity contribution in [1.82, 2.24) is 0 Å². The van der Waals surface area contributed by atoms with E-state index in [4.69, 9.17) is 19.1 Å². The van der Waals surface area contributed by atoms with Gasteiger partial charge in [0.1, 0.15) is 12.7 Å². The van der Waals surface area contributed by atoms with Crippen molar-refractivity contribution >= 4 is 19.8 Å². The van der Waals surface area contributed by atoms with Gasteiger partial charge in [-0.15, -0.1) is 0 Å². The smallest absolute Gasteiger partial charge is 0.462 e. The van der Waals surface area contributed by atoms with Crippen LogP contribution in [0.2, 0.25) is 0 Å². The Morgan fingerprint density at radius 1 is 0.525 bits per heavy atom. The Bertz CT molecular complexity index is 1160. The SMILES string of the molecule is CC/C=C/C=C/C=C/C=C/C=C/CCCC(=O)OC(COC(=O)CCCCCCCCCCCCCCCCCCCCCCCCC)COP(=O)(O)OC[C@H](O)CO. The van der Waals surface area contributed by atoms with E-state index in [2.05, 4.69) is 24.4 Å². The minimum absolute atomic E-state index is 0.0873. The molecule has 3 N–H and O–H groups in total. The van der Waals surface area contributed by atoms with Crippen molar-refractivity contribution in [3.63, 3.8) is 0 Å². The molecule has 0 aromatic heterocycles. The quantitative estimate of drug-likeness (QED) is 0.0234. The Balaban J connectivity index is 4.20. The van der Waals surface area contributed by atoms with Gasteiger partial charge in [0.15, 0.2) is 6.10 Å². The number of carbonyl (C=O) groups excluding carboxylic acids is 2. The molecule has 59 heavy (non-hydrogen) atoms. The van der Waals surface area contributed by atoms with E-state index in [9.17, 15) is 24.2 Å².